The molecule has 5 aliphatic rings. The smallest absolute Gasteiger partial charge is 0.410 e. The Labute approximate surface area is 253 Å². The molecule has 238 valence electrons. The van der Waals surface area contributed by atoms with Crippen LogP contribution in [0.2, 0.25) is 0 Å². The molecule has 0 spiro atoms. The Morgan fingerprint density at radius 3 is 2.10 bits per heavy atom. The van der Waals surface area contributed by atoms with Gasteiger partial charge in [0.2, 0.25) is 0 Å². The zero-order valence-corrected chi connectivity index (χ0v) is 26.5. The second kappa shape index (κ2) is 13.9. The predicted molar refractivity (Wildman–Crippen MR) is 163 cm³/mol. The van der Waals surface area contributed by atoms with Crippen molar-refractivity contribution < 1.29 is 24.2 Å². The van der Waals surface area contributed by atoms with Gasteiger partial charge in [-0.2, -0.15) is 0 Å². The zero-order chi connectivity index (χ0) is 29.9. The molecule has 0 bridgehead atoms. The maximum atomic E-state index is 13.2. The highest BCUT2D eigenvalue weighted by Crippen LogP contribution is 2.41. The van der Waals surface area contributed by atoms with Gasteiger partial charge in [-0.1, -0.05) is 44.9 Å². The number of hydrogen-bond acceptors (Lipinski definition) is 5. The summed E-state index contributed by atoms with van der Waals surface area (Å²) < 4.78 is 5.64. The molecule has 4 saturated carbocycles. The van der Waals surface area contributed by atoms with E-state index < -0.39 is 17.5 Å². The second-order valence-electron chi connectivity index (χ2n) is 15.5. The fraction of sp³-hybridized carbons (Fsp3) is 0.912. The van der Waals surface area contributed by atoms with Crippen LogP contribution in [-0.4, -0.2) is 76.2 Å². The molecule has 5 rings (SSSR count). The quantitative estimate of drug-likeness (QED) is 0.358. The minimum absolute atomic E-state index is 0.0574. The van der Waals surface area contributed by atoms with Crippen molar-refractivity contribution in [3.05, 3.63) is 0 Å². The summed E-state index contributed by atoms with van der Waals surface area (Å²) in [6.07, 6.45) is 18.6. The first-order valence-electron chi connectivity index (χ1n) is 17.3. The van der Waals surface area contributed by atoms with Gasteiger partial charge in [0.1, 0.15) is 5.60 Å². The fourth-order valence-corrected chi connectivity index (χ4v) is 9.26. The number of carbonyl (C=O) groups is 3. The number of likely N-dealkylation sites (tertiary alicyclic amines) is 1. The largest absolute Gasteiger partial charge is 0.474 e. The Balaban J connectivity index is 1.18. The minimum Gasteiger partial charge on any atom is -0.474 e. The highest BCUT2D eigenvalue weighted by Gasteiger charge is 2.43. The number of fused-ring (bicyclic) bond motifs is 1. The van der Waals surface area contributed by atoms with Crippen LogP contribution in [0.1, 0.15) is 124 Å². The zero-order valence-electron chi connectivity index (χ0n) is 26.5. The molecule has 2 amide bonds. The summed E-state index contributed by atoms with van der Waals surface area (Å²) in [7, 11) is 0. The molecule has 1 heterocycles. The van der Waals surface area contributed by atoms with Gasteiger partial charge in [0, 0.05) is 37.8 Å². The van der Waals surface area contributed by atoms with Gasteiger partial charge in [-0.3, -0.25) is 4.79 Å². The third kappa shape index (κ3) is 8.00. The molecule has 2 N–H and O–H groups in total. The number of rotatable bonds is 6. The summed E-state index contributed by atoms with van der Waals surface area (Å²) in [4.78, 5) is 41.6. The number of carboxylic acid groups (broad SMARTS) is 1. The Kier molecular flexibility index (Phi) is 10.4. The van der Waals surface area contributed by atoms with E-state index in [1.165, 1.54) is 44.9 Å². The summed E-state index contributed by atoms with van der Waals surface area (Å²) >= 11 is 0. The van der Waals surface area contributed by atoms with E-state index in [2.05, 4.69) is 5.32 Å². The molecule has 0 radical (unpaired) electrons. The van der Waals surface area contributed by atoms with Gasteiger partial charge in [-0.25, -0.2) is 9.59 Å². The number of hydrogen-bond donors (Lipinski definition) is 2. The van der Waals surface area contributed by atoms with Gasteiger partial charge in [-0.15, -0.1) is 0 Å². The molecule has 1 saturated heterocycles. The van der Waals surface area contributed by atoms with Crippen molar-refractivity contribution in [1.82, 2.24) is 15.1 Å². The summed E-state index contributed by atoms with van der Waals surface area (Å²) in [5.74, 6) is 1.07. The lowest BCUT2D eigenvalue weighted by Gasteiger charge is -2.44. The summed E-state index contributed by atoms with van der Waals surface area (Å²) in [6, 6.07) is 0.409. The van der Waals surface area contributed by atoms with E-state index in [4.69, 9.17) is 4.74 Å². The van der Waals surface area contributed by atoms with E-state index >= 15 is 0 Å². The number of carboxylic acids is 1. The fourth-order valence-electron chi connectivity index (χ4n) is 9.26. The van der Waals surface area contributed by atoms with E-state index in [1.807, 2.05) is 25.7 Å². The van der Waals surface area contributed by atoms with Gasteiger partial charge < -0.3 is 25.0 Å². The first kappa shape index (κ1) is 31.6. The number of nitrogens with one attached hydrogen (secondary N) is 1. The van der Waals surface area contributed by atoms with Crippen molar-refractivity contribution in [1.29, 1.82) is 0 Å². The average molecular weight is 588 g/mol. The highest BCUT2D eigenvalue weighted by molar-refractivity contribution is 6.31. The van der Waals surface area contributed by atoms with Crippen LogP contribution in [-0.2, 0) is 14.3 Å². The molecular weight excluding hydrogens is 530 g/mol. The number of nitrogens with zero attached hydrogens (tertiary/aromatic N) is 2. The number of ether oxygens (including phenoxy) is 1. The molecule has 5 atom stereocenters. The van der Waals surface area contributed by atoms with Crippen LogP contribution >= 0.6 is 0 Å². The van der Waals surface area contributed by atoms with Crippen LogP contribution in [0.15, 0.2) is 0 Å². The molecule has 0 aromatic carbocycles. The summed E-state index contributed by atoms with van der Waals surface area (Å²) in [5.41, 5.74) is -0.487. The lowest BCUT2D eigenvalue weighted by atomic mass is 9.71. The third-order valence-corrected chi connectivity index (χ3v) is 11.4. The van der Waals surface area contributed by atoms with Crippen LogP contribution in [0, 0.1) is 29.6 Å². The monoisotopic (exact) mass is 587 g/mol. The maximum absolute atomic E-state index is 13.2. The Hall–Kier alpha value is -1.83. The SMILES string of the molecule is CC(C)(C)OC(=O)N1CC2CCC(NC3CCCCC3N(CC3CCC(C4CCCCC4)CC3)C(=O)C(=O)O)CC2C1. The predicted octanol–water partition coefficient (Wildman–Crippen LogP) is 6.22. The third-order valence-electron chi connectivity index (χ3n) is 11.4. The van der Waals surface area contributed by atoms with Crippen molar-refractivity contribution in [2.75, 3.05) is 19.6 Å². The number of carbonyl (C=O) groups excluding carboxylic acids is 2. The first-order valence-corrected chi connectivity index (χ1v) is 17.3. The molecule has 8 nitrogen and oxygen atoms in total. The highest BCUT2D eigenvalue weighted by atomic mass is 16.6. The molecule has 8 heteroatoms. The average Bonchev–Trinajstić information content (AvgIpc) is 3.40. The normalized spacial score (nSPS) is 34.5. The van der Waals surface area contributed by atoms with Gasteiger partial charge >= 0.3 is 18.0 Å². The topological polar surface area (TPSA) is 99.2 Å². The van der Waals surface area contributed by atoms with Crippen molar-refractivity contribution in [3.8, 4) is 0 Å². The van der Waals surface area contributed by atoms with Crippen LogP contribution in [0.5, 0.6) is 0 Å². The molecule has 1 aliphatic heterocycles. The van der Waals surface area contributed by atoms with E-state index in [0.717, 1.165) is 82.7 Å². The van der Waals surface area contributed by atoms with Crippen LogP contribution in [0.4, 0.5) is 4.79 Å². The van der Waals surface area contributed by atoms with Gasteiger partial charge in [0.05, 0.1) is 0 Å². The molecule has 5 unspecified atom stereocenters. The lowest BCUT2D eigenvalue weighted by molar-refractivity contribution is -0.158. The lowest BCUT2D eigenvalue weighted by Crippen LogP contribution is -2.58. The van der Waals surface area contributed by atoms with Crippen LogP contribution in [0.25, 0.3) is 0 Å². The number of amides is 2. The molecule has 0 aromatic rings. The van der Waals surface area contributed by atoms with Crippen molar-refractivity contribution in [3.63, 3.8) is 0 Å². The van der Waals surface area contributed by atoms with Crippen molar-refractivity contribution >= 4 is 18.0 Å². The van der Waals surface area contributed by atoms with Gasteiger partial charge in [-0.05, 0) is 108 Å². The second-order valence-corrected chi connectivity index (χ2v) is 15.5. The Bertz CT molecular complexity index is 936. The molecule has 0 aromatic heterocycles. The van der Waals surface area contributed by atoms with Gasteiger partial charge in [0.15, 0.2) is 0 Å². The minimum atomic E-state index is -1.32. The van der Waals surface area contributed by atoms with E-state index in [1.54, 1.807) is 4.90 Å². The van der Waals surface area contributed by atoms with E-state index in [9.17, 15) is 19.5 Å². The summed E-state index contributed by atoms with van der Waals surface area (Å²) in [5, 5.41) is 13.8. The van der Waals surface area contributed by atoms with Crippen molar-refractivity contribution in [2.45, 2.75) is 147 Å². The van der Waals surface area contributed by atoms with Crippen LogP contribution < -0.4 is 5.32 Å². The number of aliphatic carboxylic acids is 1. The molecular formula is C34H57N3O5. The first-order chi connectivity index (χ1) is 20.1. The summed E-state index contributed by atoms with van der Waals surface area (Å²) in [6.45, 7) is 7.85. The molecule has 42 heavy (non-hydrogen) atoms. The molecule has 5 fully saturated rings. The van der Waals surface area contributed by atoms with E-state index in [-0.39, 0.29) is 18.2 Å². The molecule has 4 aliphatic carbocycles. The Morgan fingerprint density at radius 2 is 1.40 bits per heavy atom. The van der Waals surface area contributed by atoms with Gasteiger partial charge in [0.25, 0.3) is 0 Å². The maximum Gasteiger partial charge on any atom is 0.410 e. The van der Waals surface area contributed by atoms with E-state index in [0.29, 0.717) is 30.3 Å². The van der Waals surface area contributed by atoms with Crippen molar-refractivity contribution in [2.24, 2.45) is 29.6 Å². The Morgan fingerprint density at radius 1 is 0.786 bits per heavy atom. The standard InChI is InChI=1S/C34H57N3O5/c1-34(2,3)42-33(41)36-21-26-17-18-28(19-27(26)22-36)35-29-11-7-8-12-30(29)37(31(38)32(39)40)20-23-13-15-25(16-14-23)24-9-5-4-6-10-24/h23-30,35H,4-22H2,1-3H3,(H,39,40). The van der Waals surface area contributed by atoms with Crippen LogP contribution in [0.3, 0.4) is 0 Å².